The number of methoxy groups -OCH3 is 1. The molecule has 0 aromatic heterocycles. The van der Waals surface area contributed by atoms with Crippen molar-refractivity contribution in [1.29, 1.82) is 0 Å². The Morgan fingerprint density at radius 2 is 1.95 bits per heavy atom. The molecule has 10 heteroatoms. The number of benzene rings is 1. The molecule has 1 aromatic carbocycles. The second kappa shape index (κ2) is 6.35. The molecule has 0 bridgehead atoms. The second-order valence-corrected chi connectivity index (χ2v) is 6.23. The van der Waals surface area contributed by atoms with E-state index in [4.69, 9.17) is 14.9 Å². The monoisotopic (exact) mass is 320 g/mol. The molecule has 0 unspecified atom stereocenters. The van der Waals surface area contributed by atoms with Gasteiger partial charge in [-0.05, 0) is 13.0 Å². The minimum absolute atomic E-state index is 0.213. The van der Waals surface area contributed by atoms with Gasteiger partial charge in [0, 0.05) is 6.07 Å². The predicted molar refractivity (Wildman–Crippen MR) is 72.5 cm³/mol. The number of nitrogens with zero attached hydrogens (tertiary/aromatic N) is 1. The number of non-ortho nitro benzene ring substituents is 1. The summed E-state index contributed by atoms with van der Waals surface area (Å²) in [5.41, 5.74) is -1.79. The van der Waals surface area contributed by atoms with Crippen LogP contribution in [0.15, 0.2) is 23.1 Å². The van der Waals surface area contributed by atoms with Crippen molar-refractivity contribution in [3.63, 3.8) is 0 Å². The predicted octanol–water partition coefficient (Wildman–Crippen LogP) is -0.375. The van der Waals surface area contributed by atoms with E-state index in [2.05, 4.69) is 4.72 Å². The number of ether oxygens (including phenoxy) is 1. The standard InChI is InChI=1S/C11H16N2O7S/c1-11(6-14,7-15)12-21(18,19)10-4-3-8(13(16)17)5-9(10)20-2/h3-5,12,14-15H,6-7H2,1-2H3. The summed E-state index contributed by atoms with van der Waals surface area (Å²) in [6.07, 6.45) is 0. The smallest absolute Gasteiger partial charge is 0.273 e. The van der Waals surface area contributed by atoms with Gasteiger partial charge in [0.1, 0.15) is 10.6 Å². The van der Waals surface area contributed by atoms with Crippen LogP contribution in [0.4, 0.5) is 5.69 Å². The summed E-state index contributed by atoms with van der Waals surface area (Å²) in [5.74, 6) is -0.213. The number of rotatable bonds is 7. The summed E-state index contributed by atoms with van der Waals surface area (Å²) in [4.78, 5) is 9.66. The number of hydrogen-bond donors (Lipinski definition) is 3. The molecule has 9 nitrogen and oxygen atoms in total. The first kappa shape index (κ1) is 17.3. The maximum absolute atomic E-state index is 12.2. The van der Waals surface area contributed by atoms with Gasteiger partial charge in [0.05, 0.1) is 36.9 Å². The molecule has 3 N–H and O–H groups in total. The van der Waals surface area contributed by atoms with Crippen molar-refractivity contribution in [2.75, 3.05) is 20.3 Å². The third-order valence-electron chi connectivity index (χ3n) is 2.73. The molecule has 0 fully saturated rings. The molecule has 0 aliphatic carbocycles. The third-order valence-corrected chi connectivity index (χ3v) is 4.40. The quantitative estimate of drug-likeness (QED) is 0.460. The van der Waals surface area contributed by atoms with E-state index >= 15 is 0 Å². The first-order chi connectivity index (χ1) is 9.69. The Balaban J connectivity index is 3.29. The van der Waals surface area contributed by atoms with Crippen molar-refractivity contribution in [2.45, 2.75) is 17.4 Å². The van der Waals surface area contributed by atoms with Gasteiger partial charge in [-0.15, -0.1) is 0 Å². The van der Waals surface area contributed by atoms with Crippen molar-refractivity contribution < 1.29 is 28.3 Å². The topological polar surface area (TPSA) is 139 Å². The number of nitro benzene ring substituents is 1. The van der Waals surface area contributed by atoms with Gasteiger partial charge in [0.2, 0.25) is 10.0 Å². The Hall–Kier alpha value is -1.75. The summed E-state index contributed by atoms with van der Waals surface area (Å²) < 4.78 is 31.5. The van der Waals surface area contributed by atoms with Gasteiger partial charge in [-0.25, -0.2) is 13.1 Å². The molecular formula is C11H16N2O7S. The number of aliphatic hydroxyl groups excluding tert-OH is 2. The lowest BCUT2D eigenvalue weighted by molar-refractivity contribution is -0.385. The van der Waals surface area contributed by atoms with Crippen molar-refractivity contribution >= 4 is 15.7 Å². The maximum atomic E-state index is 12.2. The first-order valence-electron chi connectivity index (χ1n) is 5.77. The fourth-order valence-electron chi connectivity index (χ4n) is 1.49. The van der Waals surface area contributed by atoms with E-state index in [0.717, 1.165) is 18.2 Å². The van der Waals surface area contributed by atoms with Crippen LogP contribution in [-0.4, -0.2) is 49.4 Å². The zero-order chi connectivity index (χ0) is 16.3. The van der Waals surface area contributed by atoms with E-state index in [1.807, 2.05) is 0 Å². The minimum Gasteiger partial charge on any atom is -0.495 e. The van der Waals surface area contributed by atoms with Crippen LogP contribution in [0.2, 0.25) is 0 Å². The summed E-state index contributed by atoms with van der Waals surface area (Å²) in [7, 11) is -2.97. The molecule has 0 saturated heterocycles. The van der Waals surface area contributed by atoms with Gasteiger partial charge >= 0.3 is 0 Å². The van der Waals surface area contributed by atoms with Crippen LogP contribution in [0, 0.1) is 10.1 Å². The fraction of sp³-hybridized carbons (Fsp3) is 0.455. The molecule has 0 saturated carbocycles. The Morgan fingerprint density at radius 3 is 2.38 bits per heavy atom. The van der Waals surface area contributed by atoms with Crippen LogP contribution in [0.5, 0.6) is 5.75 Å². The van der Waals surface area contributed by atoms with Gasteiger partial charge in [-0.2, -0.15) is 0 Å². The van der Waals surface area contributed by atoms with E-state index in [1.54, 1.807) is 0 Å². The summed E-state index contributed by atoms with van der Waals surface area (Å²) in [6, 6.07) is 3.02. The van der Waals surface area contributed by atoms with Crippen molar-refractivity contribution in [3.05, 3.63) is 28.3 Å². The second-order valence-electron chi connectivity index (χ2n) is 4.57. The largest absolute Gasteiger partial charge is 0.495 e. The lowest BCUT2D eigenvalue weighted by Crippen LogP contribution is -2.51. The van der Waals surface area contributed by atoms with E-state index in [1.165, 1.54) is 14.0 Å². The first-order valence-corrected chi connectivity index (χ1v) is 7.25. The van der Waals surface area contributed by atoms with Crippen LogP contribution in [0.1, 0.15) is 6.92 Å². The molecule has 0 amide bonds. The van der Waals surface area contributed by atoms with E-state index < -0.39 is 33.7 Å². The molecule has 1 aromatic rings. The highest BCUT2D eigenvalue weighted by Crippen LogP contribution is 2.28. The van der Waals surface area contributed by atoms with Crippen molar-refractivity contribution in [2.24, 2.45) is 0 Å². The minimum atomic E-state index is -4.14. The Morgan fingerprint density at radius 1 is 1.38 bits per heavy atom. The molecule has 21 heavy (non-hydrogen) atoms. The van der Waals surface area contributed by atoms with Crippen molar-refractivity contribution in [1.82, 2.24) is 4.72 Å². The number of aliphatic hydroxyl groups is 2. The van der Waals surface area contributed by atoms with Crippen LogP contribution in [0.3, 0.4) is 0 Å². The van der Waals surface area contributed by atoms with E-state index in [-0.39, 0.29) is 16.3 Å². The Kier molecular flexibility index (Phi) is 5.23. The molecule has 0 radical (unpaired) electrons. The number of hydrogen-bond acceptors (Lipinski definition) is 7. The van der Waals surface area contributed by atoms with Gasteiger partial charge in [0.25, 0.3) is 5.69 Å². The Bertz CT molecular complexity index is 625. The van der Waals surface area contributed by atoms with Crippen LogP contribution in [0.25, 0.3) is 0 Å². The summed E-state index contributed by atoms with van der Waals surface area (Å²) >= 11 is 0. The third kappa shape index (κ3) is 3.88. The number of sulfonamides is 1. The lowest BCUT2D eigenvalue weighted by Gasteiger charge is -2.26. The van der Waals surface area contributed by atoms with Gasteiger partial charge in [-0.3, -0.25) is 10.1 Å². The van der Waals surface area contributed by atoms with Gasteiger partial charge < -0.3 is 14.9 Å². The molecular weight excluding hydrogens is 304 g/mol. The van der Waals surface area contributed by atoms with Crippen LogP contribution < -0.4 is 9.46 Å². The van der Waals surface area contributed by atoms with E-state index in [9.17, 15) is 18.5 Å². The fourth-order valence-corrected chi connectivity index (χ4v) is 3.03. The molecule has 0 heterocycles. The molecule has 0 aliphatic rings. The molecule has 0 spiro atoms. The number of nitrogens with one attached hydrogen (secondary N) is 1. The normalized spacial score (nSPS) is 12.2. The van der Waals surface area contributed by atoms with Crippen LogP contribution >= 0.6 is 0 Å². The van der Waals surface area contributed by atoms with Gasteiger partial charge in [0.15, 0.2) is 0 Å². The average molecular weight is 320 g/mol. The molecule has 1 rings (SSSR count). The maximum Gasteiger partial charge on any atom is 0.273 e. The van der Waals surface area contributed by atoms with Crippen molar-refractivity contribution in [3.8, 4) is 5.75 Å². The van der Waals surface area contributed by atoms with E-state index in [0.29, 0.717) is 0 Å². The zero-order valence-electron chi connectivity index (χ0n) is 11.4. The number of nitro groups is 1. The van der Waals surface area contributed by atoms with Crippen LogP contribution in [-0.2, 0) is 10.0 Å². The summed E-state index contributed by atoms with van der Waals surface area (Å²) in [5, 5.41) is 28.9. The lowest BCUT2D eigenvalue weighted by atomic mass is 10.1. The molecule has 0 aliphatic heterocycles. The Labute approximate surface area is 121 Å². The molecule has 118 valence electrons. The molecule has 0 atom stereocenters. The highest BCUT2D eigenvalue weighted by Gasteiger charge is 2.31. The zero-order valence-corrected chi connectivity index (χ0v) is 12.3. The SMILES string of the molecule is COc1cc([N+](=O)[O-])ccc1S(=O)(=O)NC(C)(CO)CO. The summed E-state index contributed by atoms with van der Waals surface area (Å²) in [6.45, 7) is 0.0540. The highest BCUT2D eigenvalue weighted by molar-refractivity contribution is 7.89. The average Bonchev–Trinajstić information content (AvgIpc) is 2.45. The highest BCUT2D eigenvalue weighted by atomic mass is 32.2. The van der Waals surface area contributed by atoms with Gasteiger partial charge in [-0.1, -0.05) is 0 Å².